The molecule has 0 atom stereocenters. The molecule has 2 rings (SSSR count). The number of hydrogen-bond acceptors (Lipinski definition) is 3. The Balaban J connectivity index is 1.99. The largest absolute Gasteiger partial charge is 0.486 e. The Kier molecular flexibility index (Phi) is 4.89. The van der Waals surface area contributed by atoms with Gasteiger partial charge in [0.1, 0.15) is 12.4 Å². The molecular weight excluding hydrogens is 289 g/mol. The van der Waals surface area contributed by atoms with E-state index in [2.05, 4.69) is 17.4 Å². The van der Waals surface area contributed by atoms with Crippen LogP contribution in [0.5, 0.6) is 5.75 Å². The van der Waals surface area contributed by atoms with Crippen molar-refractivity contribution in [3.05, 3.63) is 50.1 Å². The molecular formula is C13H13Cl2NOS. The molecule has 0 bridgehead atoms. The molecule has 0 aliphatic heterocycles. The molecule has 2 aromatic rings. The van der Waals surface area contributed by atoms with E-state index in [0.717, 1.165) is 11.4 Å². The highest BCUT2D eigenvalue weighted by Crippen LogP contribution is 2.29. The summed E-state index contributed by atoms with van der Waals surface area (Å²) in [5.41, 5.74) is 0. The standard InChI is InChI=1S/C13H13Cl2NOS/c1-16-7-10-3-4-11(18-10)8-17-13-6-9(14)2-5-12(13)15/h2-6,16H,7-8H2,1H3. The van der Waals surface area contributed by atoms with Gasteiger partial charge in [0.15, 0.2) is 0 Å². The second-order valence-electron chi connectivity index (χ2n) is 3.76. The van der Waals surface area contributed by atoms with Crippen LogP contribution in [-0.2, 0) is 13.2 Å². The van der Waals surface area contributed by atoms with Crippen molar-refractivity contribution in [3.63, 3.8) is 0 Å². The molecule has 2 nitrogen and oxygen atoms in total. The average Bonchev–Trinajstić information content (AvgIpc) is 2.79. The van der Waals surface area contributed by atoms with Crippen LogP contribution < -0.4 is 10.1 Å². The topological polar surface area (TPSA) is 21.3 Å². The summed E-state index contributed by atoms with van der Waals surface area (Å²) in [4.78, 5) is 2.45. The number of ether oxygens (including phenoxy) is 1. The molecule has 0 saturated heterocycles. The lowest BCUT2D eigenvalue weighted by Gasteiger charge is -2.06. The predicted molar refractivity (Wildman–Crippen MR) is 77.9 cm³/mol. The third kappa shape index (κ3) is 3.62. The summed E-state index contributed by atoms with van der Waals surface area (Å²) >= 11 is 13.6. The van der Waals surface area contributed by atoms with Gasteiger partial charge < -0.3 is 10.1 Å². The molecule has 5 heteroatoms. The third-order valence-electron chi connectivity index (χ3n) is 2.33. The van der Waals surface area contributed by atoms with Crippen molar-refractivity contribution in [2.45, 2.75) is 13.2 Å². The van der Waals surface area contributed by atoms with Gasteiger partial charge in [0.05, 0.1) is 5.02 Å². The van der Waals surface area contributed by atoms with E-state index in [1.54, 1.807) is 29.5 Å². The molecule has 0 saturated carbocycles. The van der Waals surface area contributed by atoms with E-state index < -0.39 is 0 Å². The van der Waals surface area contributed by atoms with Crippen molar-refractivity contribution >= 4 is 34.5 Å². The molecule has 0 aliphatic carbocycles. The van der Waals surface area contributed by atoms with Gasteiger partial charge in [-0.05, 0) is 31.3 Å². The second-order valence-corrected chi connectivity index (χ2v) is 5.86. The second kappa shape index (κ2) is 6.43. The van der Waals surface area contributed by atoms with Crippen molar-refractivity contribution in [1.82, 2.24) is 5.32 Å². The normalized spacial score (nSPS) is 10.6. The van der Waals surface area contributed by atoms with Crippen LogP contribution in [0.1, 0.15) is 9.75 Å². The summed E-state index contributed by atoms with van der Waals surface area (Å²) < 4.78 is 5.67. The van der Waals surface area contributed by atoms with E-state index in [1.165, 1.54) is 4.88 Å². The fraction of sp³-hybridized carbons (Fsp3) is 0.231. The Labute approximate surface area is 120 Å². The number of hydrogen-bond donors (Lipinski definition) is 1. The van der Waals surface area contributed by atoms with Crippen LogP contribution in [0, 0.1) is 0 Å². The highest BCUT2D eigenvalue weighted by Gasteiger charge is 2.05. The third-order valence-corrected chi connectivity index (χ3v) is 3.94. The molecule has 0 radical (unpaired) electrons. The van der Waals surface area contributed by atoms with E-state index in [4.69, 9.17) is 27.9 Å². The van der Waals surface area contributed by atoms with Crippen LogP contribution in [0.3, 0.4) is 0 Å². The molecule has 0 aliphatic rings. The molecule has 96 valence electrons. The van der Waals surface area contributed by atoms with Crippen LogP contribution in [0.2, 0.25) is 10.0 Å². The van der Waals surface area contributed by atoms with Gasteiger partial charge in [0.25, 0.3) is 0 Å². The van der Waals surface area contributed by atoms with Crippen LogP contribution in [0.4, 0.5) is 0 Å². The van der Waals surface area contributed by atoms with Gasteiger partial charge in [0.2, 0.25) is 0 Å². The first kappa shape index (κ1) is 13.7. The fourth-order valence-corrected chi connectivity index (χ4v) is 2.78. The molecule has 0 spiro atoms. The number of thiophene rings is 1. The van der Waals surface area contributed by atoms with Gasteiger partial charge in [-0.15, -0.1) is 11.3 Å². The quantitative estimate of drug-likeness (QED) is 0.886. The average molecular weight is 302 g/mol. The minimum Gasteiger partial charge on any atom is -0.486 e. The van der Waals surface area contributed by atoms with Crippen molar-refractivity contribution in [2.24, 2.45) is 0 Å². The van der Waals surface area contributed by atoms with Gasteiger partial charge in [0, 0.05) is 27.4 Å². The highest BCUT2D eigenvalue weighted by molar-refractivity contribution is 7.11. The number of rotatable bonds is 5. The monoisotopic (exact) mass is 301 g/mol. The first-order valence-corrected chi connectivity index (χ1v) is 7.06. The molecule has 0 fully saturated rings. The number of nitrogens with one attached hydrogen (secondary N) is 1. The van der Waals surface area contributed by atoms with E-state index >= 15 is 0 Å². The first-order valence-electron chi connectivity index (χ1n) is 5.49. The van der Waals surface area contributed by atoms with Crippen molar-refractivity contribution in [3.8, 4) is 5.75 Å². The zero-order chi connectivity index (χ0) is 13.0. The maximum Gasteiger partial charge on any atom is 0.139 e. The SMILES string of the molecule is CNCc1ccc(COc2cc(Cl)ccc2Cl)s1. The molecule has 1 aromatic heterocycles. The maximum atomic E-state index is 6.03. The Morgan fingerprint density at radius 3 is 2.72 bits per heavy atom. The molecule has 1 N–H and O–H groups in total. The molecule has 1 heterocycles. The minimum atomic E-state index is 0.508. The first-order chi connectivity index (χ1) is 8.69. The van der Waals surface area contributed by atoms with E-state index in [-0.39, 0.29) is 0 Å². The summed E-state index contributed by atoms with van der Waals surface area (Å²) in [6, 6.07) is 9.37. The summed E-state index contributed by atoms with van der Waals surface area (Å²) in [6.07, 6.45) is 0. The highest BCUT2D eigenvalue weighted by atomic mass is 35.5. The van der Waals surface area contributed by atoms with Gasteiger partial charge in [-0.1, -0.05) is 23.2 Å². The van der Waals surface area contributed by atoms with Crippen LogP contribution in [0.25, 0.3) is 0 Å². The summed E-state index contributed by atoms with van der Waals surface area (Å²) in [6.45, 7) is 1.39. The van der Waals surface area contributed by atoms with E-state index in [1.807, 2.05) is 7.05 Å². The minimum absolute atomic E-state index is 0.508. The van der Waals surface area contributed by atoms with Crippen LogP contribution >= 0.6 is 34.5 Å². The Morgan fingerprint density at radius 1 is 1.17 bits per heavy atom. The molecule has 1 aromatic carbocycles. The molecule has 0 unspecified atom stereocenters. The zero-order valence-electron chi connectivity index (χ0n) is 9.87. The van der Waals surface area contributed by atoms with Crippen LogP contribution in [0.15, 0.2) is 30.3 Å². The Bertz CT molecular complexity index is 527. The summed E-state index contributed by atoms with van der Waals surface area (Å²) in [5, 5.41) is 4.32. The maximum absolute atomic E-state index is 6.03. The van der Waals surface area contributed by atoms with Crippen LogP contribution in [-0.4, -0.2) is 7.05 Å². The van der Waals surface area contributed by atoms with Crippen molar-refractivity contribution in [1.29, 1.82) is 0 Å². The van der Waals surface area contributed by atoms with E-state index in [9.17, 15) is 0 Å². The van der Waals surface area contributed by atoms with E-state index in [0.29, 0.717) is 22.4 Å². The van der Waals surface area contributed by atoms with Gasteiger partial charge in [-0.25, -0.2) is 0 Å². The van der Waals surface area contributed by atoms with Crippen molar-refractivity contribution in [2.75, 3.05) is 7.05 Å². The fourth-order valence-electron chi connectivity index (χ4n) is 1.51. The lowest BCUT2D eigenvalue weighted by Crippen LogP contribution is -2.02. The molecule has 18 heavy (non-hydrogen) atoms. The lowest BCUT2D eigenvalue weighted by molar-refractivity contribution is 0.310. The van der Waals surface area contributed by atoms with Gasteiger partial charge in [-0.2, -0.15) is 0 Å². The predicted octanol–water partition coefficient (Wildman–Crippen LogP) is 4.35. The number of benzene rings is 1. The van der Waals surface area contributed by atoms with Crippen molar-refractivity contribution < 1.29 is 4.74 Å². The summed E-state index contributed by atoms with van der Waals surface area (Å²) in [7, 11) is 1.93. The Morgan fingerprint density at radius 2 is 1.94 bits per heavy atom. The zero-order valence-corrected chi connectivity index (χ0v) is 12.2. The smallest absolute Gasteiger partial charge is 0.139 e. The van der Waals surface area contributed by atoms with Gasteiger partial charge in [-0.3, -0.25) is 0 Å². The lowest BCUT2D eigenvalue weighted by atomic mass is 10.3. The molecule has 0 amide bonds. The Hall–Kier alpha value is -0.740. The number of halogens is 2. The summed E-state index contributed by atoms with van der Waals surface area (Å²) in [5.74, 6) is 0.618. The van der Waals surface area contributed by atoms with Gasteiger partial charge >= 0.3 is 0 Å².